The second-order valence-electron chi connectivity index (χ2n) is 10.7. The van der Waals surface area contributed by atoms with E-state index in [9.17, 15) is 9.90 Å². The molecule has 40 heavy (non-hydrogen) atoms. The number of aromatic hydroxyl groups is 1. The number of anilines is 2. The quantitative estimate of drug-likeness (QED) is 0.504. The maximum Gasteiger partial charge on any atom is 0.318 e. The summed E-state index contributed by atoms with van der Waals surface area (Å²) in [4.78, 5) is 30.7. The van der Waals surface area contributed by atoms with Gasteiger partial charge in [-0.3, -0.25) is 4.79 Å². The number of amides is 1. The smallest absolute Gasteiger partial charge is 0.318 e. The molecule has 3 aliphatic rings. The molecule has 1 amide bonds. The van der Waals surface area contributed by atoms with Crippen molar-refractivity contribution in [2.75, 3.05) is 62.7 Å². The van der Waals surface area contributed by atoms with Gasteiger partial charge in [-0.2, -0.15) is 9.97 Å². The van der Waals surface area contributed by atoms with Crippen molar-refractivity contribution in [1.29, 1.82) is 0 Å². The molecule has 0 bridgehead atoms. The molecule has 5 rings (SSSR count). The lowest BCUT2D eigenvalue weighted by Crippen LogP contribution is -2.49. The first-order valence-corrected chi connectivity index (χ1v) is 14.2. The number of phenols is 1. The molecule has 0 radical (unpaired) electrons. The number of likely N-dealkylation sites (N-methyl/N-ethyl adjacent to an activating group) is 1. The maximum atomic E-state index is 12.2. The predicted molar refractivity (Wildman–Crippen MR) is 160 cm³/mol. The third-order valence-corrected chi connectivity index (χ3v) is 8.23. The molecule has 1 atom stereocenters. The molecule has 1 aromatic carbocycles. The zero-order valence-corrected chi connectivity index (χ0v) is 23.7. The number of hydrogen-bond donors (Lipinski definition) is 1. The fourth-order valence-corrected chi connectivity index (χ4v) is 5.97. The standard InChI is InChI=1S/C31H40N6O3/c1-5-9-25-22(6-2)18-24(38)19-28(25)37-13-11-26-27(20-37)32-31(40-21-23-10-8-12-34(23)4)33-30(26)36-16-14-35(15-17-36)29(39)7-3/h5-7,9,18-19,23,38H,2-3,8,10-17,20-21H2,1,4H3/b9-5-. The molecule has 2 saturated heterocycles. The van der Waals surface area contributed by atoms with Crippen molar-refractivity contribution in [1.82, 2.24) is 19.8 Å². The SMILES string of the molecule is C=CC(=O)N1CCN(c2nc(OCC3CCCN3C)nc3c2CCN(c2cc(O)cc(C=C)c2/C=C\C)C3)CC1. The first-order chi connectivity index (χ1) is 19.4. The fourth-order valence-electron chi connectivity index (χ4n) is 5.97. The van der Waals surface area contributed by atoms with Crippen LogP contribution in [0.4, 0.5) is 11.5 Å². The Kier molecular flexibility index (Phi) is 8.40. The Morgan fingerprint density at radius 3 is 2.60 bits per heavy atom. The minimum atomic E-state index is -0.0355. The van der Waals surface area contributed by atoms with Crippen molar-refractivity contribution in [3.8, 4) is 11.8 Å². The number of carbonyl (C=O) groups is 1. The third-order valence-electron chi connectivity index (χ3n) is 8.23. The Labute approximate surface area is 237 Å². The van der Waals surface area contributed by atoms with Crippen LogP contribution < -0.4 is 14.5 Å². The van der Waals surface area contributed by atoms with E-state index in [0.29, 0.717) is 51.4 Å². The molecule has 9 heteroatoms. The summed E-state index contributed by atoms with van der Waals surface area (Å²) < 4.78 is 6.24. The molecule has 0 saturated carbocycles. The first-order valence-electron chi connectivity index (χ1n) is 14.2. The summed E-state index contributed by atoms with van der Waals surface area (Å²) >= 11 is 0. The molecular formula is C31H40N6O3. The van der Waals surface area contributed by atoms with E-state index in [1.807, 2.05) is 24.0 Å². The molecule has 0 spiro atoms. The summed E-state index contributed by atoms with van der Waals surface area (Å²) in [7, 11) is 2.14. The van der Waals surface area contributed by atoms with Crippen molar-refractivity contribution in [3.63, 3.8) is 0 Å². The number of benzene rings is 1. The molecule has 212 valence electrons. The molecule has 9 nitrogen and oxygen atoms in total. The van der Waals surface area contributed by atoms with Gasteiger partial charge in [-0.1, -0.05) is 31.4 Å². The number of hydrogen-bond acceptors (Lipinski definition) is 8. The molecule has 1 N–H and O–H groups in total. The van der Waals surface area contributed by atoms with Gasteiger partial charge in [-0.15, -0.1) is 0 Å². The lowest BCUT2D eigenvalue weighted by molar-refractivity contribution is -0.126. The van der Waals surface area contributed by atoms with Gasteiger partial charge in [0.05, 0.1) is 12.2 Å². The van der Waals surface area contributed by atoms with E-state index in [-0.39, 0.29) is 11.7 Å². The van der Waals surface area contributed by atoms with Gasteiger partial charge in [0.1, 0.15) is 18.2 Å². The Balaban J connectivity index is 1.46. The number of aromatic nitrogens is 2. The second-order valence-corrected chi connectivity index (χ2v) is 10.7. The number of rotatable bonds is 8. The second kappa shape index (κ2) is 12.1. The zero-order chi connectivity index (χ0) is 28.2. The summed E-state index contributed by atoms with van der Waals surface area (Å²) in [6.07, 6.45) is 10.3. The lowest BCUT2D eigenvalue weighted by Gasteiger charge is -2.38. The molecule has 2 fully saturated rings. The predicted octanol–water partition coefficient (Wildman–Crippen LogP) is 3.73. The van der Waals surface area contributed by atoms with Crippen LogP contribution in [0.2, 0.25) is 0 Å². The Morgan fingerprint density at radius 1 is 1.12 bits per heavy atom. The zero-order valence-electron chi connectivity index (χ0n) is 23.7. The minimum Gasteiger partial charge on any atom is -0.508 e. The monoisotopic (exact) mass is 544 g/mol. The van der Waals surface area contributed by atoms with Crippen LogP contribution in [-0.2, 0) is 17.8 Å². The summed E-state index contributed by atoms with van der Waals surface area (Å²) in [5.74, 6) is 1.08. The number of ether oxygens (including phenoxy) is 1. The Morgan fingerprint density at radius 2 is 1.93 bits per heavy atom. The number of phenolic OH excluding ortho intramolecular Hbond substituents is 1. The van der Waals surface area contributed by atoms with E-state index >= 15 is 0 Å². The summed E-state index contributed by atoms with van der Waals surface area (Å²) in [6.45, 7) is 15.2. The van der Waals surface area contributed by atoms with Crippen LogP contribution in [0, 0.1) is 0 Å². The molecule has 0 aliphatic carbocycles. The van der Waals surface area contributed by atoms with Crippen LogP contribution in [-0.4, -0.2) is 89.7 Å². The van der Waals surface area contributed by atoms with Gasteiger partial charge in [-0.05, 0) is 57.5 Å². The van der Waals surface area contributed by atoms with Crippen molar-refractivity contribution in [2.24, 2.45) is 0 Å². The van der Waals surface area contributed by atoms with Crippen molar-refractivity contribution in [2.45, 2.75) is 38.8 Å². The van der Waals surface area contributed by atoms with Gasteiger partial charge in [0.25, 0.3) is 0 Å². The largest absolute Gasteiger partial charge is 0.508 e. The summed E-state index contributed by atoms with van der Waals surface area (Å²) in [5, 5.41) is 10.5. The van der Waals surface area contributed by atoms with E-state index in [4.69, 9.17) is 14.7 Å². The van der Waals surface area contributed by atoms with Crippen LogP contribution in [0.5, 0.6) is 11.8 Å². The van der Waals surface area contributed by atoms with Crippen molar-refractivity contribution >= 4 is 29.6 Å². The van der Waals surface area contributed by atoms with E-state index < -0.39 is 0 Å². The normalized spacial score (nSPS) is 19.6. The molecule has 4 heterocycles. The maximum absolute atomic E-state index is 12.2. The van der Waals surface area contributed by atoms with E-state index in [1.54, 1.807) is 12.1 Å². The highest BCUT2D eigenvalue weighted by Gasteiger charge is 2.30. The number of allylic oxidation sites excluding steroid dienone is 1. The van der Waals surface area contributed by atoms with E-state index in [1.165, 1.54) is 12.5 Å². The van der Waals surface area contributed by atoms with Gasteiger partial charge < -0.3 is 29.4 Å². The molecule has 2 aromatic rings. The highest BCUT2D eigenvalue weighted by atomic mass is 16.5. The van der Waals surface area contributed by atoms with Gasteiger partial charge in [-0.25, -0.2) is 0 Å². The van der Waals surface area contributed by atoms with Crippen LogP contribution in [0.15, 0.2) is 37.4 Å². The lowest BCUT2D eigenvalue weighted by atomic mass is 9.99. The molecule has 1 unspecified atom stereocenters. The number of piperazine rings is 1. The summed E-state index contributed by atoms with van der Waals surface area (Å²) in [6, 6.07) is 4.32. The van der Waals surface area contributed by atoms with E-state index in [0.717, 1.165) is 59.8 Å². The van der Waals surface area contributed by atoms with Gasteiger partial charge >= 0.3 is 6.01 Å². The number of likely N-dealkylation sites (tertiary alicyclic amines) is 1. The average molecular weight is 545 g/mol. The topological polar surface area (TPSA) is 85.3 Å². The number of nitrogens with zero attached hydrogens (tertiary/aromatic N) is 6. The van der Waals surface area contributed by atoms with E-state index in [2.05, 4.69) is 41.0 Å². The first kappa shape index (κ1) is 27.7. The number of carbonyl (C=O) groups excluding carboxylic acids is 1. The Bertz CT molecular complexity index is 1300. The molecule has 1 aromatic heterocycles. The van der Waals surface area contributed by atoms with Crippen LogP contribution in [0.25, 0.3) is 12.2 Å². The Hall–Kier alpha value is -3.85. The fraction of sp³-hybridized carbons (Fsp3) is 0.452. The minimum absolute atomic E-state index is 0.0355. The van der Waals surface area contributed by atoms with Crippen LogP contribution >= 0.6 is 0 Å². The van der Waals surface area contributed by atoms with Gasteiger partial charge in [0.2, 0.25) is 5.91 Å². The van der Waals surface area contributed by atoms with Gasteiger partial charge in [0, 0.05) is 61.6 Å². The molecular weight excluding hydrogens is 504 g/mol. The van der Waals surface area contributed by atoms with Crippen molar-refractivity contribution < 1.29 is 14.6 Å². The average Bonchev–Trinajstić information content (AvgIpc) is 3.40. The highest BCUT2D eigenvalue weighted by Crippen LogP contribution is 2.36. The van der Waals surface area contributed by atoms with Gasteiger partial charge in [0.15, 0.2) is 0 Å². The van der Waals surface area contributed by atoms with Crippen LogP contribution in [0.1, 0.15) is 42.1 Å². The highest BCUT2D eigenvalue weighted by molar-refractivity contribution is 5.87. The summed E-state index contributed by atoms with van der Waals surface area (Å²) in [5.41, 5.74) is 4.92. The van der Waals surface area contributed by atoms with Crippen LogP contribution in [0.3, 0.4) is 0 Å². The third kappa shape index (κ3) is 5.70. The molecule has 3 aliphatic heterocycles. The van der Waals surface area contributed by atoms with Crippen molar-refractivity contribution in [3.05, 3.63) is 59.8 Å². The number of fused-ring (bicyclic) bond motifs is 1.